The topological polar surface area (TPSA) is 31.4 Å². The van der Waals surface area contributed by atoms with E-state index >= 15 is 0 Å². The van der Waals surface area contributed by atoms with Gasteiger partial charge in [-0.05, 0) is 63.0 Å². The van der Waals surface area contributed by atoms with Gasteiger partial charge in [0.25, 0.3) is 0 Å². The first kappa shape index (κ1) is 20.7. The number of allylic oxidation sites excluding steroid dienone is 1. The van der Waals surface area contributed by atoms with Gasteiger partial charge in [-0.3, -0.25) is 5.01 Å². The van der Waals surface area contributed by atoms with Crippen molar-refractivity contribution in [2.45, 2.75) is 12.5 Å². The summed E-state index contributed by atoms with van der Waals surface area (Å²) >= 11 is 0. The molecular weight excluding hydrogens is 438 g/mol. The smallest absolute Gasteiger partial charge is 0.0843 e. The molecule has 1 aliphatic heterocycles. The number of nitrogens with zero attached hydrogens (tertiary/aromatic N) is 2. The molecule has 1 unspecified atom stereocenters. The van der Waals surface area contributed by atoms with Crippen molar-refractivity contribution in [2.24, 2.45) is 5.10 Å². The van der Waals surface area contributed by atoms with Crippen LogP contribution in [-0.2, 0) is 0 Å². The van der Waals surface area contributed by atoms with Crippen LogP contribution >= 0.6 is 0 Å². The Morgan fingerprint density at radius 1 is 0.694 bits per heavy atom. The van der Waals surface area contributed by atoms with Gasteiger partial charge in [-0.2, -0.15) is 5.10 Å². The molecule has 7 rings (SSSR count). The van der Waals surface area contributed by atoms with E-state index in [1.165, 1.54) is 38.1 Å². The van der Waals surface area contributed by atoms with Crippen LogP contribution in [0.25, 0.3) is 38.5 Å². The molecule has 0 radical (unpaired) electrons. The van der Waals surface area contributed by atoms with Gasteiger partial charge in [0.15, 0.2) is 0 Å². The quantitative estimate of drug-likeness (QED) is 0.261. The summed E-state index contributed by atoms with van der Waals surface area (Å²) < 4.78 is 0. The van der Waals surface area contributed by atoms with Crippen LogP contribution in [0.1, 0.15) is 23.6 Å². The Labute approximate surface area is 210 Å². The zero-order valence-electron chi connectivity index (χ0n) is 19.8. The number of anilines is 1. The molecule has 3 nitrogen and oxygen atoms in total. The first-order chi connectivity index (χ1) is 17.8. The molecule has 3 heteroatoms. The van der Waals surface area contributed by atoms with Crippen LogP contribution in [0.15, 0.2) is 127 Å². The highest BCUT2D eigenvalue weighted by molar-refractivity contribution is 6.07. The van der Waals surface area contributed by atoms with Gasteiger partial charge in [0, 0.05) is 23.5 Å². The van der Waals surface area contributed by atoms with Gasteiger partial charge < -0.3 is 4.98 Å². The third-order valence-electron chi connectivity index (χ3n) is 7.18. The number of rotatable bonds is 4. The number of nitrogens with one attached hydrogen (secondary N) is 1. The van der Waals surface area contributed by atoms with Crippen LogP contribution in [0.5, 0.6) is 0 Å². The number of hydrogen-bond donors (Lipinski definition) is 1. The van der Waals surface area contributed by atoms with Crippen molar-refractivity contribution < 1.29 is 0 Å². The van der Waals surface area contributed by atoms with Crippen LogP contribution in [0.4, 0.5) is 5.69 Å². The highest BCUT2D eigenvalue weighted by Gasteiger charge is 2.31. The summed E-state index contributed by atoms with van der Waals surface area (Å²) in [5.41, 5.74) is 5.85. The molecule has 6 aromatic rings. The molecule has 0 saturated heterocycles. The van der Waals surface area contributed by atoms with E-state index in [1.807, 2.05) is 0 Å². The summed E-state index contributed by atoms with van der Waals surface area (Å²) in [5, 5.41) is 13.7. The van der Waals surface area contributed by atoms with Crippen molar-refractivity contribution >= 4 is 49.9 Å². The van der Waals surface area contributed by atoms with Gasteiger partial charge >= 0.3 is 0 Å². The minimum Gasteiger partial charge on any atom is -0.361 e. The van der Waals surface area contributed by atoms with E-state index in [0.717, 1.165) is 23.3 Å². The summed E-state index contributed by atoms with van der Waals surface area (Å²) in [6, 6.07) is 38.8. The molecule has 2 heterocycles. The zero-order valence-corrected chi connectivity index (χ0v) is 19.8. The second kappa shape index (κ2) is 8.54. The number of aromatic nitrogens is 1. The number of para-hydroxylation sites is 2. The fourth-order valence-corrected chi connectivity index (χ4v) is 5.50. The zero-order chi connectivity index (χ0) is 23.9. The van der Waals surface area contributed by atoms with Crippen LogP contribution in [0.3, 0.4) is 0 Å². The molecule has 1 N–H and O–H groups in total. The summed E-state index contributed by atoms with van der Waals surface area (Å²) in [6.07, 6.45) is 7.27. The highest BCUT2D eigenvalue weighted by atomic mass is 15.5. The SMILES string of the molecule is C(=C\c1c[nH]c2ccccc12)/C1=NN(c2ccccc2)C(c2c3ccccc3cc3ccccc23)C1. The highest BCUT2D eigenvalue weighted by Crippen LogP contribution is 2.42. The van der Waals surface area contributed by atoms with Crippen molar-refractivity contribution in [1.29, 1.82) is 0 Å². The third kappa shape index (κ3) is 3.48. The Morgan fingerprint density at radius 2 is 1.33 bits per heavy atom. The number of hydrazone groups is 1. The second-order valence-corrected chi connectivity index (χ2v) is 9.35. The Hall–Kier alpha value is -4.63. The molecule has 0 fully saturated rings. The van der Waals surface area contributed by atoms with Gasteiger partial charge in [0.1, 0.15) is 0 Å². The molecule has 0 amide bonds. The minimum absolute atomic E-state index is 0.103. The van der Waals surface area contributed by atoms with Crippen molar-refractivity contribution in [2.75, 3.05) is 5.01 Å². The fraction of sp³-hybridized carbons (Fsp3) is 0.0606. The molecule has 0 aliphatic carbocycles. The summed E-state index contributed by atoms with van der Waals surface area (Å²) in [5.74, 6) is 0. The first-order valence-electron chi connectivity index (χ1n) is 12.4. The number of hydrogen-bond acceptors (Lipinski definition) is 2. The number of fused-ring (bicyclic) bond motifs is 3. The molecule has 1 atom stereocenters. The van der Waals surface area contributed by atoms with E-state index in [0.29, 0.717) is 0 Å². The van der Waals surface area contributed by atoms with Gasteiger partial charge in [-0.15, -0.1) is 0 Å². The van der Waals surface area contributed by atoms with E-state index in [2.05, 4.69) is 138 Å². The van der Waals surface area contributed by atoms with Gasteiger partial charge in [-0.1, -0.05) is 91.0 Å². The average molecular weight is 464 g/mol. The lowest BCUT2D eigenvalue weighted by atomic mass is 9.90. The standard InChI is InChI=1S/C33H25N3/c1-2-12-27(13-3-1)36-32(21-26(35-36)19-18-25-22-34-31-17-9-8-14-28(25)31)33-29-15-6-4-10-23(29)20-24-11-5-7-16-30(24)33/h1-20,22,32,34H,21H2/b19-18+. The van der Waals surface area contributed by atoms with E-state index in [9.17, 15) is 0 Å². The second-order valence-electron chi connectivity index (χ2n) is 9.35. The number of benzene rings is 5. The molecule has 0 saturated carbocycles. The maximum atomic E-state index is 5.16. The lowest BCUT2D eigenvalue weighted by Crippen LogP contribution is -2.19. The van der Waals surface area contributed by atoms with Crippen molar-refractivity contribution in [3.63, 3.8) is 0 Å². The first-order valence-corrected chi connectivity index (χ1v) is 12.4. The van der Waals surface area contributed by atoms with Crippen molar-refractivity contribution in [3.05, 3.63) is 133 Å². The predicted molar refractivity (Wildman–Crippen MR) is 153 cm³/mol. The average Bonchev–Trinajstić information content (AvgIpc) is 3.55. The summed E-state index contributed by atoms with van der Waals surface area (Å²) in [7, 11) is 0. The van der Waals surface area contributed by atoms with E-state index in [-0.39, 0.29) is 6.04 Å². The van der Waals surface area contributed by atoms with Crippen LogP contribution in [0, 0.1) is 0 Å². The van der Waals surface area contributed by atoms with E-state index < -0.39 is 0 Å². The molecule has 36 heavy (non-hydrogen) atoms. The van der Waals surface area contributed by atoms with Crippen molar-refractivity contribution in [1.82, 2.24) is 4.98 Å². The number of aromatic amines is 1. The number of H-pyrrole nitrogens is 1. The minimum atomic E-state index is 0.103. The van der Waals surface area contributed by atoms with Gasteiger partial charge in [0.05, 0.1) is 17.4 Å². The molecular formula is C33H25N3. The molecule has 0 bridgehead atoms. The fourth-order valence-electron chi connectivity index (χ4n) is 5.50. The van der Waals surface area contributed by atoms with Crippen molar-refractivity contribution in [3.8, 4) is 0 Å². The summed E-state index contributed by atoms with van der Waals surface area (Å²) in [6.45, 7) is 0. The summed E-state index contributed by atoms with van der Waals surface area (Å²) in [4.78, 5) is 3.37. The van der Waals surface area contributed by atoms with Gasteiger partial charge in [0.2, 0.25) is 0 Å². The Bertz CT molecular complexity index is 1720. The van der Waals surface area contributed by atoms with Crippen LogP contribution < -0.4 is 5.01 Å². The lowest BCUT2D eigenvalue weighted by Gasteiger charge is -2.26. The maximum absolute atomic E-state index is 5.16. The molecule has 172 valence electrons. The lowest BCUT2D eigenvalue weighted by molar-refractivity contribution is 0.719. The van der Waals surface area contributed by atoms with Gasteiger partial charge in [-0.25, -0.2) is 0 Å². The largest absolute Gasteiger partial charge is 0.361 e. The maximum Gasteiger partial charge on any atom is 0.0843 e. The molecule has 5 aromatic carbocycles. The molecule has 1 aliphatic rings. The molecule has 0 spiro atoms. The van der Waals surface area contributed by atoms with E-state index in [1.54, 1.807) is 0 Å². The van der Waals surface area contributed by atoms with E-state index in [4.69, 9.17) is 5.10 Å². The Balaban J connectivity index is 1.37. The normalized spacial score (nSPS) is 15.9. The molecule has 1 aromatic heterocycles. The predicted octanol–water partition coefficient (Wildman–Crippen LogP) is 8.50. The Morgan fingerprint density at radius 3 is 2.08 bits per heavy atom. The van der Waals surface area contributed by atoms with Crippen LogP contribution in [-0.4, -0.2) is 10.7 Å². The van der Waals surface area contributed by atoms with Crippen LogP contribution in [0.2, 0.25) is 0 Å². The Kier molecular flexibility index (Phi) is 4.92. The monoisotopic (exact) mass is 463 g/mol. The third-order valence-corrected chi connectivity index (χ3v) is 7.18.